The molecule has 0 aromatic carbocycles. The maximum absolute atomic E-state index is 4.61. The molecule has 0 radical (unpaired) electrons. The van der Waals surface area contributed by atoms with Crippen LogP contribution in [-0.2, 0) is 13.0 Å². The van der Waals surface area contributed by atoms with Gasteiger partial charge in [-0.1, -0.05) is 19.9 Å². The van der Waals surface area contributed by atoms with Gasteiger partial charge in [0.2, 0.25) is 0 Å². The molecule has 20 heavy (non-hydrogen) atoms. The van der Waals surface area contributed by atoms with Crippen LogP contribution in [0.15, 0.2) is 30.7 Å². The Bertz CT molecular complexity index is 533. The van der Waals surface area contributed by atoms with Crippen LogP contribution in [0.25, 0.3) is 0 Å². The second kappa shape index (κ2) is 7.20. The van der Waals surface area contributed by atoms with Crippen molar-refractivity contribution in [2.24, 2.45) is 0 Å². The van der Waals surface area contributed by atoms with Crippen LogP contribution in [0, 0.1) is 0 Å². The number of nitrogens with zero attached hydrogens (tertiary/aromatic N) is 3. The quantitative estimate of drug-likeness (QED) is 0.842. The van der Waals surface area contributed by atoms with Crippen LogP contribution in [-0.4, -0.2) is 21.3 Å². The van der Waals surface area contributed by atoms with Crippen LogP contribution in [0.3, 0.4) is 0 Å². The first-order valence-corrected chi connectivity index (χ1v) is 7.49. The molecule has 1 atom stereocenters. The van der Waals surface area contributed by atoms with Gasteiger partial charge in [-0.15, -0.1) is 0 Å². The first-order chi connectivity index (χ1) is 9.80. The van der Waals surface area contributed by atoms with Gasteiger partial charge in [0.25, 0.3) is 0 Å². The summed E-state index contributed by atoms with van der Waals surface area (Å²) in [6.07, 6.45) is 8.04. The fourth-order valence-electron chi connectivity index (χ4n) is 2.37. The van der Waals surface area contributed by atoms with E-state index in [1.807, 2.05) is 23.1 Å². The van der Waals surface area contributed by atoms with Gasteiger partial charge in [0.15, 0.2) is 0 Å². The summed E-state index contributed by atoms with van der Waals surface area (Å²) in [7, 11) is 0. The highest BCUT2D eigenvalue weighted by Gasteiger charge is 2.19. The molecule has 0 amide bonds. The zero-order valence-electron chi connectivity index (χ0n) is 12.6. The third-order valence-corrected chi connectivity index (χ3v) is 3.49. The van der Waals surface area contributed by atoms with E-state index in [1.54, 1.807) is 0 Å². The highest BCUT2D eigenvalue weighted by molar-refractivity contribution is 5.30. The van der Waals surface area contributed by atoms with E-state index in [0.717, 1.165) is 31.6 Å². The number of pyridine rings is 1. The zero-order chi connectivity index (χ0) is 14.4. The number of aromatic nitrogens is 3. The van der Waals surface area contributed by atoms with E-state index >= 15 is 0 Å². The van der Waals surface area contributed by atoms with E-state index in [0.29, 0.717) is 0 Å². The first kappa shape index (κ1) is 14.7. The van der Waals surface area contributed by atoms with Gasteiger partial charge in [-0.3, -0.25) is 9.67 Å². The topological polar surface area (TPSA) is 42.7 Å². The number of rotatable bonds is 7. The number of aryl methyl sites for hydroxylation is 2. The largest absolute Gasteiger partial charge is 0.305 e. The molecule has 0 spiro atoms. The Morgan fingerprint density at radius 3 is 2.80 bits per heavy atom. The highest BCUT2D eigenvalue weighted by atomic mass is 15.3. The minimum atomic E-state index is 0.131. The molecule has 2 rings (SSSR count). The lowest BCUT2D eigenvalue weighted by molar-refractivity contribution is 0.580. The molecule has 0 aliphatic heterocycles. The average Bonchev–Trinajstić information content (AvgIpc) is 2.97. The van der Waals surface area contributed by atoms with Crippen molar-refractivity contribution < 1.29 is 0 Å². The van der Waals surface area contributed by atoms with E-state index in [1.165, 1.54) is 11.1 Å². The molecule has 0 fully saturated rings. The van der Waals surface area contributed by atoms with Gasteiger partial charge in [-0.05, 0) is 37.9 Å². The summed E-state index contributed by atoms with van der Waals surface area (Å²) in [6.45, 7) is 8.32. The standard InChI is InChI=1S/C16H24N4/c1-4-9-17-16(14-11-19-20(6-3)12-14)15-13(5-2)8-7-10-18-15/h7-8,10-12,16-17H,4-6,9H2,1-3H3. The molecule has 0 bridgehead atoms. The summed E-state index contributed by atoms with van der Waals surface area (Å²) < 4.78 is 1.96. The lowest BCUT2D eigenvalue weighted by Gasteiger charge is -2.19. The normalized spacial score (nSPS) is 12.6. The Morgan fingerprint density at radius 1 is 1.30 bits per heavy atom. The van der Waals surface area contributed by atoms with E-state index < -0.39 is 0 Å². The Morgan fingerprint density at radius 2 is 2.15 bits per heavy atom. The minimum absolute atomic E-state index is 0.131. The van der Waals surface area contributed by atoms with E-state index in [-0.39, 0.29) is 6.04 Å². The van der Waals surface area contributed by atoms with Crippen LogP contribution in [0.4, 0.5) is 0 Å². The van der Waals surface area contributed by atoms with Gasteiger partial charge in [-0.25, -0.2) is 0 Å². The second-order valence-corrected chi connectivity index (χ2v) is 4.92. The fourth-order valence-corrected chi connectivity index (χ4v) is 2.37. The maximum Gasteiger partial charge on any atom is 0.0784 e. The summed E-state index contributed by atoms with van der Waals surface area (Å²) in [5, 5.41) is 7.99. The Balaban J connectivity index is 2.35. The fraction of sp³-hybridized carbons (Fsp3) is 0.500. The molecule has 0 aliphatic rings. The molecule has 4 nitrogen and oxygen atoms in total. The number of hydrogen-bond donors (Lipinski definition) is 1. The van der Waals surface area contributed by atoms with Gasteiger partial charge in [0.05, 0.1) is 17.9 Å². The molecule has 0 saturated carbocycles. The highest BCUT2D eigenvalue weighted by Crippen LogP contribution is 2.23. The predicted molar refractivity (Wildman–Crippen MR) is 81.7 cm³/mol. The summed E-state index contributed by atoms with van der Waals surface area (Å²) in [6, 6.07) is 4.30. The van der Waals surface area contributed by atoms with Gasteiger partial charge >= 0.3 is 0 Å². The van der Waals surface area contributed by atoms with Crippen molar-refractivity contribution in [2.45, 2.75) is 46.2 Å². The molecule has 2 aromatic rings. The van der Waals surface area contributed by atoms with E-state index in [9.17, 15) is 0 Å². The van der Waals surface area contributed by atoms with Gasteiger partial charge in [-0.2, -0.15) is 5.10 Å². The van der Waals surface area contributed by atoms with Crippen LogP contribution in [0.2, 0.25) is 0 Å². The SMILES string of the molecule is CCCNC(c1cnn(CC)c1)c1ncccc1CC. The monoisotopic (exact) mass is 272 g/mol. The van der Waals surface area contributed by atoms with Gasteiger partial charge < -0.3 is 5.32 Å². The van der Waals surface area contributed by atoms with Crippen LogP contribution in [0.5, 0.6) is 0 Å². The van der Waals surface area contributed by atoms with Crippen molar-refractivity contribution in [3.8, 4) is 0 Å². The molecular weight excluding hydrogens is 248 g/mol. The van der Waals surface area contributed by atoms with Crippen molar-refractivity contribution in [1.82, 2.24) is 20.1 Å². The van der Waals surface area contributed by atoms with Crippen molar-refractivity contribution in [3.63, 3.8) is 0 Å². The second-order valence-electron chi connectivity index (χ2n) is 4.92. The molecule has 4 heteroatoms. The third kappa shape index (κ3) is 3.25. The lowest BCUT2D eigenvalue weighted by Crippen LogP contribution is -2.25. The third-order valence-electron chi connectivity index (χ3n) is 3.49. The summed E-state index contributed by atoms with van der Waals surface area (Å²) >= 11 is 0. The minimum Gasteiger partial charge on any atom is -0.305 e. The molecular formula is C16H24N4. The van der Waals surface area contributed by atoms with Gasteiger partial charge in [0, 0.05) is 24.5 Å². The Hall–Kier alpha value is -1.68. The van der Waals surface area contributed by atoms with Crippen molar-refractivity contribution in [1.29, 1.82) is 0 Å². The van der Waals surface area contributed by atoms with Crippen molar-refractivity contribution >= 4 is 0 Å². The molecule has 1 unspecified atom stereocenters. The van der Waals surface area contributed by atoms with Gasteiger partial charge in [0.1, 0.15) is 0 Å². The maximum atomic E-state index is 4.61. The summed E-state index contributed by atoms with van der Waals surface area (Å²) in [4.78, 5) is 4.61. The van der Waals surface area contributed by atoms with Crippen LogP contribution >= 0.6 is 0 Å². The predicted octanol–water partition coefficient (Wildman–Crippen LogP) is 2.95. The molecule has 0 aliphatic carbocycles. The molecule has 1 N–H and O–H groups in total. The summed E-state index contributed by atoms with van der Waals surface area (Å²) in [5.74, 6) is 0. The summed E-state index contributed by atoms with van der Waals surface area (Å²) in [5.41, 5.74) is 3.61. The van der Waals surface area contributed by atoms with Crippen molar-refractivity contribution in [2.75, 3.05) is 6.54 Å². The number of hydrogen-bond acceptors (Lipinski definition) is 3. The molecule has 2 aromatic heterocycles. The Kier molecular flexibility index (Phi) is 5.30. The number of nitrogens with one attached hydrogen (secondary N) is 1. The first-order valence-electron chi connectivity index (χ1n) is 7.49. The van der Waals surface area contributed by atoms with Crippen LogP contribution < -0.4 is 5.32 Å². The molecule has 0 saturated heterocycles. The van der Waals surface area contributed by atoms with E-state index in [4.69, 9.17) is 0 Å². The lowest BCUT2D eigenvalue weighted by atomic mass is 10.0. The van der Waals surface area contributed by atoms with Crippen molar-refractivity contribution in [3.05, 3.63) is 47.5 Å². The Labute approximate surface area is 121 Å². The average molecular weight is 272 g/mol. The van der Waals surface area contributed by atoms with E-state index in [2.05, 4.69) is 48.4 Å². The molecule has 2 heterocycles. The molecule has 108 valence electrons. The van der Waals surface area contributed by atoms with Crippen LogP contribution in [0.1, 0.15) is 50.1 Å². The smallest absolute Gasteiger partial charge is 0.0784 e. The zero-order valence-corrected chi connectivity index (χ0v) is 12.6.